The van der Waals surface area contributed by atoms with Gasteiger partial charge in [-0.25, -0.2) is 12.3 Å². The van der Waals surface area contributed by atoms with Crippen LogP contribution < -0.4 is 0 Å². The molecule has 0 saturated carbocycles. The summed E-state index contributed by atoms with van der Waals surface area (Å²) < 4.78 is 31.2. The first-order chi connectivity index (χ1) is 2.00. The Kier molecular flexibility index (Phi) is 1.42. The molecule has 0 amide bonds. The van der Waals surface area contributed by atoms with Crippen LogP contribution in [0.3, 0.4) is 0 Å². The van der Waals surface area contributed by atoms with Crippen LogP contribution in [0.1, 0.15) is 0 Å². The summed E-state index contributed by atoms with van der Waals surface area (Å²) in [5.74, 6) is 0. The summed E-state index contributed by atoms with van der Waals surface area (Å²) in [5.41, 5.74) is 0. The quantitative estimate of drug-likeness (QED) is 0.378. The second kappa shape index (κ2) is 1.30. The molecule has 0 bridgehead atoms. The smallest absolute Gasteiger partial charge is 0.229 e. The Balaban J connectivity index is 3.02. The molecular weight excluding hydrogens is 165 g/mol. The predicted molar refractivity (Wildman–Crippen MR) is 18.0 cm³/mol. The first-order valence-electron chi connectivity index (χ1n) is 0.756. The van der Waals surface area contributed by atoms with Crippen molar-refractivity contribution in [2.45, 2.75) is 0 Å². The zero-order valence-electron chi connectivity index (χ0n) is 2.01. The molecule has 0 aromatic heterocycles. The minimum atomic E-state index is -5.30. The Bertz CT molecular complexity index is 22.4. The van der Waals surface area contributed by atoms with Gasteiger partial charge in [0, 0.05) is 0 Å². The molecule has 0 atom stereocenters. The molecule has 32 valence electrons. The van der Waals surface area contributed by atoms with E-state index in [9.17, 15) is 12.3 Å². The second-order valence-corrected chi connectivity index (χ2v) is 3.98. The number of hydrogen-bond donors (Lipinski definition) is 0. The molecule has 0 aliphatic heterocycles. The van der Waals surface area contributed by atoms with Gasteiger partial charge in [-0.05, 0) is 15.3 Å². The van der Waals surface area contributed by atoms with Gasteiger partial charge in [-0.3, -0.25) is 0 Å². The zero-order valence-corrected chi connectivity index (χ0v) is 4.60. The van der Waals surface area contributed by atoms with E-state index in [1.54, 1.807) is 0 Å². The standard InChI is InChI=1S/BrF3Si/c1-5(2,3)4. The monoisotopic (exact) mass is 164 g/mol. The molecule has 0 aliphatic carbocycles. The largest absolute Gasteiger partial charge is 0.697 e. The van der Waals surface area contributed by atoms with Crippen LogP contribution in [0, 0.1) is 0 Å². The fourth-order valence-corrected chi connectivity index (χ4v) is 0. The highest BCUT2D eigenvalue weighted by molar-refractivity contribution is 9.25. The first kappa shape index (κ1) is 5.49. The van der Waals surface area contributed by atoms with Crippen molar-refractivity contribution in [2.24, 2.45) is 0 Å². The van der Waals surface area contributed by atoms with Crippen molar-refractivity contribution in [3.05, 3.63) is 0 Å². The fourth-order valence-electron chi connectivity index (χ4n) is 0. The van der Waals surface area contributed by atoms with E-state index in [1.165, 1.54) is 15.3 Å². The molecule has 0 unspecified atom stereocenters. The maximum atomic E-state index is 10.4. The molecule has 0 fully saturated rings. The van der Waals surface area contributed by atoms with Crippen LogP contribution in [0.2, 0.25) is 0 Å². The van der Waals surface area contributed by atoms with E-state index in [2.05, 4.69) is 0 Å². The van der Waals surface area contributed by atoms with E-state index in [0.29, 0.717) is 0 Å². The summed E-state index contributed by atoms with van der Waals surface area (Å²) >= 11 is 1.51. The van der Waals surface area contributed by atoms with Gasteiger partial charge in [0.1, 0.15) is 0 Å². The van der Waals surface area contributed by atoms with Crippen molar-refractivity contribution < 1.29 is 12.3 Å². The average Bonchev–Trinajstić information content (AvgIpc) is 0.722. The molecule has 0 nitrogen and oxygen atoms in total. The van der Waals surface area contributed by atoms with Gasteiger partial charge < -0.3 is 0 Å². The van der Waals surface area contributed by atoms with Crippen molar-refractivity contribution in [1.82, 2.24) is 0 Å². The van der Waals surface area contributed by atoms with Crippen LogP contribution in [0.25, 0.3) is 0 Å². The van der Waals surface area contributed by atoms with Crippen LogP contribution in [0.15, 0.2) is 0 Å². The van der Waals surface area contributed by atoms with Gasteiger partial charge in [-0.15, -0.1) is 0 Å². The van der Waals surface area contributed by atoms with E-state index in [0.717, 1.165) is 0 Å². The average molecular weight is 165 g/mol. The second-order valence-electron chi connectivity index (χ2n) is 0.429. The lowest BCUT2D eigenvalue weighted by atomic mass is 18.7. The van der Waals surface area contributed by atoms with E-state index in [-0.39, 0.29) is 0 Å². The normalized spacial score (nSPS) is 12.0. The number of hydrogen-bond acceptors (Lipinski definition) is 0. The molecule has 0 aromatic rings. The minimum absolute atomic E-state index is 1.51. The molecule has 0 radical (unpaired) electrons. The lowest BCUT2D eigenvalue weighted by molar-refractivity contribution is 0.523. The molecule has 0 aliphatic rings. The van der Waals surface area contributed by atoms with Crippen molar-refractivity contribution in [1.29, 1.82) is 0 Å². The van der Waals surface area contributed by atoms with E-state index < -0.39 is 7.69 Å². The predicted octanol–water partition coefficient (Wildman–Crippen LogP) is 1.73. The summed E-state index contributed by atoms with van der Waals surface area (Å²) in [4.78, 5) is 0. The lowest BCUT2D eigenvalue weighted by Gasteiger charge is -1.79. The van der Waals surface area contributed by atoms with Gasteiger partial charge in [0.15, 0.2) is 0 Å². The Morgan fingerprint density at radius 2 is 1.20 bits per heavy atom. The van der Waals surface area contributed by atoms with Gasteiger partial charge in [-0.1, -0.05) is 0 Å². The van der Waals surface area contributed by atoms with E-state index in [1.807, 2.05) is 0 Å². The van der Waals surface area contributed by atoms with Crippen molar-refractivity contribution in [2.75, 3.05) is 0 Å². The number of halogens is 4. The summed E-state index contributed by atoms with van der Waals surface area (Å²) in [6.45, 7) is 0. The van der Waals surface area contributed by atoms with Gasteiger partial charge in [-0.2, -0.15) is 0 Å². The maximum absolute atomic E-state index is 10.4. The molecule has 0 rings (SSSR count). The lowest BCUT2D eigenvalue weighted by Crippen LogP contribution is -1.98. The van der Waals surface area contributed by atoms with Crippen molar-refractivity contribution in [3.63, 3.8) is 0 Å². The molecule has 5 heteroatoms. The summed E-state index contributed by atoms with van der Waals surface area (Å²) in [7, 11) is -5.30. The molecule has 0 heterocycles. The van der Waals surface area contributed by atoms with E-state index >= 15 is 0 Å². The van der Waals surface area contributed by atoms with Crippen LogP contribution in [0.4, 0.5) is 12.3 Å². The Hall–Kier alpha value is 0.487. The van der Waals surface area contributed by atoms with Crippen molar-refractivity contribution in [3.8, 4) is 0 Å². The highest BCUT2D eigenvalue weighted by Crippen LogP contribution is 2.14. The summed E-state index contributed by atoms with van der Waals surface area (Å²) in [6, 6.07) is 0. The van der Waals surface area contributed by atoms with E-state index in [4.69, 9.17) is 0 Å². The number of rotatable bonds is 0. The highest BCUT2D eigenvalue weighted by Gasteiger charge is 2.31. The Morgan fingerprint density at radius 1 is 1.20 bits per heavy atom. The molecule has 0 N–H and O–H groups in total. The Labute approximate surface area is 36.1 Å². The SMILES string of the molecule is F[Si](F)(F)Br. The van der Waals surface area contributed by atoms with Gasteiger partial charge in [0.05, 0.1) is 0 Å². The summed E-state index contributed by atoms with van der Waals surface area (Å²) in [6.07, 6.45) is 0. The zero-order chi connectivity index (χ0) is 4.50. The molecule has 0 saturated heterocycles. The fraction of sp³-hybridized carbons (Fsp3) is 0. The minimum Gasteiger partial charge on any atom is -0.229 e. The summed E-state index contributed by atoms with van der Waals surface area (Å²) in [5, 5.41) is 0. The van der Waals surface area contributed by atoms with Crippen LogP contribution in [0.5, 0.6) is 0 Å². The van der Waals surface area contributed by atoms with Crippen LogP contribution in [-0.2, 0) is 0 Å². The molecular formula is BrF3Si. The van der Waals surface area contributed by atoms with Crippen molar-refractivity contribution >= 4 is 23.0 Å². The third kappa shape index (κ3) is 117. The topological polar surface area (TPSA) is 0 Å². The Morgan fingerprint density at radius 3 is 1.20 bits per heavy atom. The van der Waals surface area contributed by atoms with Gasteiger partial charge in [0.2, 0.25) is 0 Å². The third-order valence-corrected chi connectivity index (χ3v) is 0. The first-order valence-corrected chi connectivity index (χ1v) is 4.65. The molecule has 0 spiro atoms. The highest BCUT2D eigenvalue weighted by atomic mass is 79.9. The maximum Gasteiger partial charge on any atom is 0.697 e. The molecule has 5 heavy (non-hydrogen) atoms. The van der Waals surface area contributed by atoms with Gasteiger partial charge >= 0.3 is 7.69 Å². The van der Waals surface area contributed by atoms with Crippen LogP contribution >= 0.6 is 15.3 Å². The van der Waals surface area contributed by atoms with Gasteiger partial charge in [0.25, 0.3) is 0 Å². The van der Waals surface area contributed by atoms with Crippen LogP contribution in [-0.4, -0.2) is 7.69 Å². The third-order valence-electron chi connectivity index (χ3n) is 0. The molecule has 0 aromatic carbocycles.